The molecule has 0 aromatic heterocycles. The Morgan fingerprint density at radius 3 is 2.57 bits per heavy atom. The molecule has 0 aliphatic heterocycles. The summed E-state index contributed by atoms with van der Waals surface area (Å²) in [5, 5.41) is 13.7. The summed E-state index contributed by atoms with van der Waals surface area (Å²) in [6.07, 6.45) is 2.29. The van der Waals surface area contributed by atoms with Crippen molar-refractivity contribution in [1.29, 1.82) is 0 Å². The smallest absolute Gasteiger partial charge is 0.132 e. The number of aliphatic hydroxyl groups is 1. The normalized spacial score (nSPS) is 13.6. The summed E-state index contributed by atoms with van der Waals surface area (Å²) in [6, 6.07) is 16.3. The van der Waals surface area contributed by atoms with Gasteiger partial charge >= 0.3 is 0 Å². The summed E-state index contributed by atoms with van der Waals surface area (Å²) in [5.41, 5.74) is 2.15. The topological polar surface area (TPSA) is 41.5 Å². The van der Waals surface area contributed by atoms with Gasteiger partial charge in [-0.1, -0.05) is 36.4 Å². The van der Waals surface area contributed by atoms with Crippen LogP contribution in [0.2, 0.25) is 0 Å². The second-order valence-electron chi connectivity index (χ2n) is 5.63. The maximum atomic E-state index is 10.3. The Morgan fingerprint density at radius 2 is 1.91 bits per heavy atom. The first-order valence-corrected chi connectivity index (χ1v) is 9.03. The van der Waals surface area contributed by atoms with Crippen LogP contribution in [0.25, 0.3) is 0 Å². The van der Waals surface area contributed by atoms with Crippen molar-refractivity contribution in [3.05, 3.63) is 59.7 Å². The van der Waals surface area contributed by atoms with Crippen LogP contribution in [0.15, 0.2) is 53.4 Å². The van der Waals surface area contributed by atoms with E-state index >= 15 is 0 Å². The molecule has 23 heavy (non-hydrogen) atoms. The Bertz CT molecular complexity index is 604. The predicted octanol–water partition coefficient (Wildman–Crippen LogP) is 4.02. The second kappa shape index (κ2) is 8.96. The van der Waals surface area contributed by atoms with Gasteiger partial charge in [-0.05, 0) is 42.9 Å². The highest BCUT2D eigenvalue weighted by molar-refractivity contribution is 7.98. The molecule has 2 unspecified atom stereocenters. The number of ether oxygens (including phenoxy) is 1. The number of methoxy groups -OCH3 is 1. The highest BCUT2D eigenvalue weighted by Gasteiger charge is 2.12. The molecule has 0 heterocycles. The zero-order valence-corrected chi connectivity index (χ0v) is 14.8. The van der Waals surface area contributed by atoms with Gasteiger partial charge in [-0.15, -0.1) is 11.8 Å². The highest BCUT2D eigenvalue weighted by atomic mass is 32.2. The van der Waals surface area contributed by atoms with Crippen LogP contribution in [0.5, 0.6) is 5.75 Å². The molecule has 2 rings (SSSR count). The van der Waals surface area contributed by atoms with E-state index < -0.39 is 6.10 Å². The van der Waals surface area contributed by atoms with E-state index in [2.05, 4.69) is 30.4 Å². The van der Waals surface area contributed by atoms with Crippen molar-refractivity contribution < 1.29 is 9.84 Å². The molecule has 2 N–H and O–H groups in total. The number of benzene rings is 2. The first kappa shape index (κ1) is 17.9. The van der Waals surface area contributed by atoms with Crippen molar-refractivity contribution in [2.75, 3.05) is 13.4 Å². The molecule has 4 heteroatoms. The largest absolute Gasteiger partial charge is 0.496 e. The van der Waals surface area contributed by atoms with Crippen LogP contribution in [-0.2, 0) is 6.54 Å². The molecule has 0 aliphatic carbocycles. The zero-order valence-electron chi connectivity index (χ0n) is 14.0. The molecule has 0 saturated heterocycles. The number of hydrogen-bond acceptors (Lipinski definition) is 4. The van der Waals surface area contributed by atoms with Crippen LogP contribution >= 0.6 is 11.8 Å². The van der Waals surface area contributed by atoms with Gasteiger partial charge in [0.15, 0.2) is 0 Å². The van der Waals surface area contributed by atoms with Crippen LogP contribution in [0.3, 0.4) is 0 Å². The molecule has 0 spiro atoms. The van der Waals surface area contributed by atoms with E-state index in [-0.39, 0.29) is 6.04 Å². The Kier molecular flexibility index (Phi) is 6.96. The van der Waals surface area contributed by atoms with E-state index in [1.54, 1.807) is 18.9 Å². The number of thioether (sulfide) groups is 1. The fourth-order valence-corrected chi connectivity index (χ4v) is 3.06. The molecule has 0 aliphatic rings. The molecule has 0 radical (unpaired) electrons. The minimum Gasteiger partial charge on any atom is -0.496 e. The van der Waals surface area contributed by atoms with Gasteiger partial charge in [0, 0.05) is 17.5 Å². The second-order valence-corrected chi connectivity index (χ2v) is 6.48. The predicted molar refractivity (Wildman–Crippen MR) is 97.1 cm³/mol. The third-order valence-electron chi connectivity index (χ3n) is 3.86. The van der Waals surface area contributed by atoms with Crippen molar-refractivity contribution in [3.63, 3.8) is 0 Å². The Morgan fingerprint density at radius 1 is 1.17 bits per heavy atom. The Balaban J connectivity index is 1.88. The van der Waals surface area contributed by atoms with Gasteiger partial charge in [0.05, 0.1) is 13.2 Å². The Hall–Kier alpha value is -1.49. The van der Waals surface area contributed by atoms with Crippen molar-refractivity contribution in [3.8, 4) is 5.75 Å². The minimum atomic E-state index is -0.438. The summed E-state index contributed by atoms with van der Waals surface area (Å²) in [4.78, 5) is 1.14. The fourth-order valence-electron chi connectivity index (χ4n) is 2.51. The molecule has 124 valence electrons. The molecule has 0 bridgehead atoms. The quantitative estimate of drug-likeness (QED) is 0.717. The van der Waals surface area contributed by atoms with E-state index in [4.69, 9.17) is 4.74 Å². The van der Waals surface area contributed by atoms with Gasteiger partial charge in [0.2, 0.25) is 0 Å². The van der Waals surface area contributed by atoms with Crippen molar-refractivity contribution in [1.82, 2.24) is 5.32 Å². The lowest BCUT2D eigenvalue weighted by atomic mass is 10.0. The summed E-state index contributed by atoms with van der Waals surface area (Å²) in [6.45, 7) is 2.85. The highest BCUT2D eigenvalue weighted by Crippen LogP contribution is 2.28. The number of rotatable bonds is 8. The molecular weight excluding hydrogens is 306 g/mol. The maximum Gasteiger partial charge on any atom is 0.132 e. The van der Waals surface area contributed by atoms with Gasteiger partial charge in [-0.3, -0.25) is 0 Å². The number of nitrogens with one attached hydrogen (secondary N) is 1. The summed E-state index contributed by atoms with van der Waals surface area (Å²) in [7, 11) is 1.70. The summed E-state index contributed by atoms with van der Waals surface area (Å²) in [5.74, 6) is 0.911. The standard InChI is InChI=1S/C19H25NO2S/c1-14(11-17(21)16-7-5-4-6-8-16)20-13-15-9-10-19(23-3)18(12-15)22-2/h4-10,12,14,17,20-21H,11,13H2,1-3H3. The lowest BCUT2D eigenvalue weighted by Crippen LogP contribution is -2.27. The molecular formula is C19H25NO2S. The van der Waals surface area contributed by atoms with Gasteiger partial charge in [0.25, 0.3) is 0 Å². The van der Waals surface area contributed by atoms with Crippen molar-refractivity contribution >= 4 is 11.8 Å². The van der Waals surface area contributed by atoms with Crippen molar-refractivity contribution in [2.24, 2.45) is 0 Å². The SMILES string of the molecule is COc1cc(CNC(C)CC(O)c2ccccc2)ccc1SC. The van der Waals surface area contributed by atoms with Crippen molar-refractivity contribution in [2.45, 2.75) is 36.9 Å². The van der Waals surface area contributed by atoms with E-state index in [0.29, 0.717) is 6.42 Å². The van der Waals surface area contributed by atoms with Crippen LogP contribution < -0.4 is 10.1 Å². The van der Waals surface area contributed by atoms with Gasteiger partial charge in [-0.25, -0.2) is 0 Å². The third-order valence-corrected chi connectivity index (χ3v) is 4.64. The average molecular weight is 331 g/mol. The van der Waals surface area contributed by atoms with Crippen LogP contribution in [-0.4, -0.2) is 24.5 Å². The molecule has 0 saturated carbocycles. The zero-order chi connectivity index (χ0) is 16.7. The van der Waals surface area contributed by atoms with E-state index in [9.17, 15) is 5.11 Å². The number of hydrogen-bond donors (Lipinski definition) is 2. The minimum absolute atomic E-state index is 0.219. The summed E-state index contributed by atoms with van der Waals surface area (Å²) < 4.78 is 5.42. The van der Waals surface area contributed by atoms with Crippen LogP contribution in [0.1, 0.15) is 30.6 Å². The van der Waals surface area contributed by atoms with Gasteiger partial charge in [0.1, 0.15) is 5.75 Å². The average Bonchev–Trinajstić information content (AvgIpc) is 2.60. The molecule has 2 aromatic carbocycles. The maximum absolute atomic E-state index is 10.3. The number of aliphatic hydroxyl groups excluding tert-OH is 1. The lowest BCUT2D eigenvalue weighted by Gasteiger charge is -2.18. The molecule has 2 aromatic rings. The fraction of sp³-hybridized carbons (Fsp3) is 0.368. The monoisotopic (exact) mass is 331 g/mol. The van der Waals surface area contributed by atoms with Gasteiger partial charge in [-0.2, -0.15) is 0 Å². The van der Waals surface area contributed by atoms with E-state index in [0.717, 1.165) is 22.8 Å². The first-order valence-electron chi connectivity index (χ1n) is 7.81. The lowest BCUT2D eigenvalue weighted by molar-refractivity contribution is 0.154. The molecule has 2 atom stereocenters. The third kappa shape index (κ3) is 5.27. The molecule has 3 nitrogen and oxygen atoms in total. The van der Waals surface area contributed by atoms with Gasteiger partial charge < -0.3 is 15.2 Å². The first-order chi connectivity index (χ1) is 11.1. The van der Waals surface area contributed by atoms with E-state index in [1.165, 1.54) is 5.56 Å². The Labute approximate surface area is 143 Å². The molecule has 0 amide bonds. The van der Waals surface area contributed by atoms with Crippen LogP contribution in [0.4, 0.5) is 0 Å². The summed E-state index contributed by atoms with van der Waals surface area (Å²) >= 11 is 1.68. The van der Waals surface area contributed by atoms with Crippen LogP contribution in [0, 0.1) is 0 Å². The van der Waals surface area contributed by atoms with E-state index in [1.807, 2.05) is 36.6 Å². The molecule has 0 fully saturated rings.